The first-order valence-electron chi connectivity index (χ1n) is 8.64. The fraction of sp³-hybridized carbons (Fsp3) is 0.400. The lowest BCUT2D eigenvalue weighted by molar-refractivity contribution is -0.0595. The fourth-order valence-electron chi connectivity index (χ4n) is 2.71. The summed E-state index contributed by atoms with van der Waals surface area (Å²) in [5.74, 6) is 0.459. The molecule has 3 nitrogen and oxygen atoms in total. The molecule has 5 heteroatoms. The SMILES string of the molecule is ClCC1COC(CCCNCc2ccccc2)O1.Fc1cc2ccc1=2. The fourth-order valence-corrected chi connectivity index (χ4v) is 2.87. The normalized spacial score (nSPS) is 20.1. The largest absolute Gasteiger partial charge is 0.350 e. The molecule has 0 radical (unpaired) electrons. The van der Waals surface area contributed by atoms with Crippen molar-refractivity contribution in [2.45, 2.75) is 31.8 Å². The van der Waals surface area contributed by atoms with Gasteiger partial charge in [0, 0.05) is 11.8 Å². The van der Waals surface area contributed by atoms with Crippen molar-refractivity contribution >= 4 is 11.6 Å². The Bertz CT molecular complexity index is 756. The second-order valence-electron chi connectivity index (χ2n) is 6.17. The molecule has 0 aromatic heterocycles. The molecule has 0 bridgehead atoms. The monoisotopic (exact) mass is 363 g/mol. The lowest BCUT2D eigenvalue weighted by atomic mass is 10.1. The van der Waals surface area contributed by atoms with E-state index in [4.69, 9.17) is 21.1 Å². The molecule has 134 valence electrons. The highest BCUT2D eigenvalue weighted by atomic mass is 35.5. The number of benzene rings is 2. The lowest BCUT2D eigenvalue weighted by Crippen LogP contribution is -2.18. The smallest absolute Gasteiger partial charge is 0.158 e. The van der Waals surface area contributed by atoms with Crippen LogP contribution in [0, 0.1) is 16.3 Å². The number of ether oxygens (including phenoxy) is 2. The Morgan fingerprint density at radius 3 is 2.52 bits per heavy atom. The van der Waals surface area contributed by atoms with Crippen LogP contribution >= 0.6 is 11.6 Å². The summed E-state index contributed by atoms with van der Waals surface area (Å²) in [7, 11) is 0. The van der Waals surface area contributed by atoms with E-state index in [1.165, 1.54) is 11.6 Å². The van der Waals surface area contributed by atoms with Crippen molar-refractivity contribution in [2.24, 2.45) is 0 Å². The molecule has 1 heterocycles. The third-order valence-corrected chi connectivity index (χ3v) is 4.57. The number of hydrogen-bond acceptors (Lipinski definition) is 3. The van der Waals surface area contributed by atoms with Gasteiger partial charge in [0.2, 0.25) is 0 Å². The van der Waals surface area contributed by atoms with Crippen LogP contribution in [0.2, 0.25) is 0 Å². The summed E-state index contributed by atoms with van der Waals surface area (Å²) in [5, 5.41) is 5.29. The van der Waals surface area contributed by atoms with Crippen LogP contribution in [0.1, 0.15) is 18.4 Å². The number of rotatable bonds is 7. The van der Waals surface area contributed by atoms with E-state index in [0.717, 1.165) is 36.4 Å². The molecule has 2 aliphatic carbocycles. The van der Waals surface area contributed by atoms with Gasteiger partial charge < -0.3 is 14.8 Å². The predicted molar refractivity (Wildman–Crippen MR) is 96.8 cm³/mol. The molecule has 0 spiro atoms. The molecule has 1 N–H and O–H groups in total. The minimum absolute atomic E-state index is 0.0579. The van der Waals surface area contributed by atoms with Crippen molar-refractivity contribution in [2.75, 3.05) is 19.0 Å². The summed E-state index contributed by atoms with van der Waals surface area (Å²) in [6, 6.07) is 15.6. The molecule has 2 unspecified atom stereocenters. The Hall–Kier alpha value is -1.46. The van der Waals surface area contributed by atoms with Crippen molar-refractivity contribution in [3.8, 4) is 0 Å². The highest BCUT2D eigenvalue weighted by Crippen LogP contribution is 2.16. The van der Waals surface area contributed by atoms with Crippen LogP contribution in [-0.4, -0.2) is 31.4 Å². The quantitative estimate of drug-likeness (QED) is 0.509. The van der Waals surface area contributed by atoms with Crippen LogP contribution < -0.4 is 5.32 Å². The van der Waals surface area contributed by atoms with Crippen LogP contribution in [0.25, 0.3) is 0 Å². The van der Waals surface area contributed by atoms with Gasteiger partial charge in [0.25, 0.3) is 0 Å². The van der Waals surface area contributed by atoms with Gasteiger partial charge in [0.05, 0.1) is 18.6 Å². The summed E-state index contributed by atoms with van der Waals surface area (Å²) in [6.45, 7) is 2.52. The van der Waals surface area contributed by atoms with E-state index in [1.54, 1.807) is 6.07 Å². The molecule has 0 amide bonds. The van der Waals surface area contributed by atoms with E-state index in [-0.39, 0.29) is 18.2 Å². The van der Waals surface area contributed by atoms with Gasteiger partial charge >= 0.3 is 0 Å². The first-order chi connectivity index (χ1) is 12.3. The van der Waals surface area contributed by atoms with Gasteiger partial charge in [-0.2, -0.15) is 0 Å². The second kappa shape index (κ2) is 9.30. The topological polar surface area (TPSA) is 30.5 Å². The Morgan fingerprint density at radius 1 is 1.16 bits per heavy atom. The number of halogens is 2. The number of nitrogens with one attached hydrogen (secondary N) is 1. The summed E-state index contributed by atoms with van der Waals surface area (Å²) in [4.78, 5) is 0. The van der Waals surface area contributed by atoms with Gasteiger partial charge in [0.15, 0.2) is 6.29 Å². The highest BCUT2D eigenvalue weighted by molar-refractivity contribution is 6.18. The summed E-state index contributed by atoms with van der Waals surface area (Å²) in [5.41, 5.74) is 1.31. The molecular formula is C20H23ClFNO2. The molecule has 0 saturated carbocycles. The Balaban J connectivity index is 0.000000213. The first kappa shape index (κ1) is 18.3. The zero-order chi connectivity index (χ0) is 17.5. The number of alkyl halides is 1. The van der Waals surface area contributed by atoms with Crippen LogP contribution in [0.5, 0.6) is 0 Å². The maximum atomic E-state index is 12.0. The first-order valence-corrected chi connectivity index (χ1v) is 9.17. The van der Waals surface area contributed by atoms with Crippen LogP contribution in [-0.2, 0) is 16.0 Å². The molecule has 1 aromatic carbocycles. The Morgan fingerprint density at radius 2 is 2.00 bits per heavy atom. The molecular weight excluding hydrogens is 341 g/mol. The molecule has 4 rings (SSSR count). The molecule has 25 heavy (non-hydrogen) atoms. The third kappa shape index (κ3) is 5.25. The van der Waals surface area contributed by atoms with Gasteiger partial charge in [-0.25, -0.2) is 4.39 Å². The Kier molecular flexibility index (Phi) is 6.82. The van der Waals surface area contributed by atoms with E-state index >= 15 is 0 Å². The molecule has 1 fully saturated rings. The molecule has 2 atom stereocenters. The highest BCUT2D eigenvalue weighted by Gasteiger charge is 2.24. The van der Waals surface area contributed by atoms with E-state index in [9.17, 15) is 4.39 Å². The van der Waals surface area contributed by atoms with E-state index < -0.39 is 0 Å². The zero-order valence-corrected chi connectivity index (χ0v) is 14.8. The second-order valence-corrected chi connectivity index (χ2v) is 6.48. The molecule has 3 aliphatic rings. The van der Waals surface area contributed by atoms with Crippen LogP contribution in [0.15, 0.2) is 48.5 Å². The van der Waals surface area contributed by atoms with Crippen molar-refractivity contribution in [3.63, 3.8) is 0 Å². The van der Waals surface area contributed by atoms with Gasteiger partial charge in [-0.3, -0.25) is 0 Å². The average Bonchev–Trinajstić information content (AvgIpc) is 3.08. The van der Waals surface area contributed by atoms with Crippen molar-refractivity contribution in [1.82, 2.24) is 5.32 Å². The van der Waals surface area contributed by atoms with E-state index in [0.29, 0.717) is 12.5 Å². The van der Waals surface area contributed by atoms with E-state index in [1.807, 2.05) is 12.1 Å². The van der Waals surface area contributed by atoms with Crippen molar-refractivity contribution in [1.29, 1.82) is 0 Å². The maximum Gasteiger partial charge on any atom is 0.158 e. The summed E-state index contributed by atoms with van der Waals surface area (Å²) < 4.78 is 23.0. The summed E-state index contributed by atoms with van der Waals surface area (Å²) in [6.07, 6.45) is 1.99. The van der Waals surface area contributed by atoms with Gasteiger partial charge in [0.1, 0.15) is 5.82 Å². The average molecular weight is 364 g/mol. The third-order valence-electron chi connectivity index (χ3n) is 4.23. The van der Waals surface area contributed by atoms with E-state index in [2.05, 4.69) is 29.6 Å². The minimum atomic E-state index is -0.0627. The maximum absolute atomic E-state index is 12.0. The van der Waals surface area contributed by atoms with Gasteiger partial charge in [-0.1, -0.05) is 42.5 Å². The number of hydrogen-bond donors (Lipinski definition) is 1. The van der Waals surface area contributed by atoms with Crippen molar-refractivity contribution in [3.05, 3.63) is 70.3 Å². The zero-order valence-electron chi connectivity index (χ0n) is 14.1. The van der Waals surface area contributed by atoms with Crippen LogP contribution in [0.4, 0.5) is 4.39 Å². The Labute approximate surface area is 152 Å². The molecule has 1 aromatic rings. The molecule has 1 saturated heterocycles. The van der Waals surface area contributed by atoms with Gasteiger partial charge in [-0.05, 0) is 36.2 Å². The van der Waals surface area contributed by atoms with Gasteiger partial charge in [-0.15, -0.1) is 11.6 Å². The van der Waals surface area contributed by atoms with Crippen molar-refractivity contribution < 1.29 is 13.9 Å². The summed E-state index contributed by atoms with van der Waals surface area (Å²) >= 11 is 5.71. The minimum Gasteiger partial charge on any atom is -0.350 e. The standard InChI is InChI=1S/C14H20ClNO2.C6H3F/c15-9-13-11-17-14(18-13)7-4-8-16-10-12-5-2-1-3-6-12;7-6-3-4-1-2-5(4)6/h1-3,5-6,13-14,16H,4,7-11H2;1-3H. The van der Waals surface area contributed by atoms with Crippen LogP contribution in [0.3, 0.4) is 0 Å². The lowest BCUT2D eigenvalue weighted by Gasteiger charge is -2.10. The molecule has 1 aliphatic heterocycles. The predicted octanol–water partition coefficient (Wildman–Crippen LogP) is 3.96.